The minimum Gasteiger partial charge on any atom is -0.321 e. The Labute approximate surface area is 143 Å². The van der Waals surface area contributed by atoms with Crippen LogP contribution in [0, 0.1) is 0 Å². The molecule has 3 rings (SSSR count). The van der Waals surface area contributed by atoms with E-state index < -0.39 is 0 Å². The summed E-state index contributed by atoms with van der Waals surface area (Å²) >= 11 is 0. The fourth-order valence-corrected chi connectivity index (χ4v) is 1.82. The molecule has 0 saturated carbocycles. The first-order valence-electron chi connectivity index (χ1n) is 9.11. The third kappa shape index (κ3) is 6.85. The maximum Gasteiger partial charge on any atom is 0.256 e. The fraction of sp³-hybridized carbons (Fsp3) is 0.476. The number of amides is 1. The van der Waals surface area contributed by atoms with Crippen LogP contribution in [-0.4, -0.2) is 5.91 Å². The topological polar surface area (TPSA) is 29.1 Å². The van der Waals surface area contributed by atoms with Crippen molar-refractivity contribution in [3.63, 3.8) is 0 Å². The molecule has 2 aromatic carbocycles. The monoisotopic (exact) mass is 317 g/mol. The molecule has 130 valence electrons. The Kier molecular flexibility index (Phi) is 15.4. The lowest BCUT2D eigenvalue weighted by molar-refractivity contribution is 0.103. The molecule has 0 spiro atoms. The van der Waals surface area contributed by atoms with Gasteiger partial charge in [-0.25, -0.2) is 0 Å². The van der Waals surface area contributed by atoms with Crippen LogP contribution in [0.25, 0.3) is 10.8 Å². The van der Waals surface area contributed by atoms with Crippen LogP contribution in [-0.2, 0) is 0 Å². The van der Waals surface area contributed by atoms with Gasteiger partial charge in [-0.2, -0.15) is 0 Å². The first-order valence-corrected chi connectivity index (χ1v) is 9.11. The van der Waals surface area contributed by atoms with Crippen LogP contribution >= 0.6 is 0 Å². The average Bonchev–Trinajstić information content (AvgIpc) is 2.98. The Morgan fingerprint density at radius 2 is 1.26 bits per heavy atom. The standard InChI is InChI=1S/C11H7NO.C4H10.3C2H6/c13-11-8-5-1-3-7-4-2-6-9(12-11)10(7)8;1-3-4-2;3*1-2/h1-6H,(H,12,13);3-4H2,1-2H3;3*1-2H3. The SMILES string of the molecule is CC.CC.CC.CCCC.O=C1Nc2cccc3cccc1c23. The summed E-state index contributed by atoms with van der Waals surface area (Å²) in [5.41, 5.74) is 1.71. The first kappa shape index (κ1) is 23.4. The van der Waals surface area contributed by atoms with Gasteiger partial charge in [-0.15, -0.1) is 0 Å². The molecule has 23 heavy (non-hydrogen) atoms. The Hall–Kier alpha value is -1.83. The second kappa shape index (κ2) is 15.1. The normalized spacial score (nSPS) is 9.65. The number of benzene rings is 2. The summed E-state index contributed by atoms with van der Waals surface area (Å²) in [6.07, 6.45) is 2.64. The average molecular weight is 318 g/mol. The molecule has 0 saturated heterocycles. The van der Waals surface area contributed by atoms with Gasteiger partial charge in [0, 0.05) is 16.6 Å². The number of nitrogens with one attached hydrogen (secondary N) is 1. The summed E-state index contributed by atoms with van der Waals surface area (Å²) in [4.78, 5) is 11.4. The largest absolute Gasteiger partial charge is 0.321 e. The molecule has 2 aromatic rings. The molecule has 0 radical (unpaired) electrons. The minimum absolute atomic E-state index is 0.00630. The van der Waals surface area contributed by atoms with Gasteiger partial charge in [-0.1, -0.05) is 92.5 Å². The molecule has 1 heterocycles. The van der Waals surface area contributed by atoms with Gasteiger partial charge in [0.2, 0.25) is 0 Å². The molecule has 1 aliphatic heterocycles. The summed E-state index contributed by atoms with van der Waals surface area (Å²) in [5, 5.41) is 5.00. The maximum absolute atomic E-state index is 11.4. The second-order valence-corrected chi connectivity index (χ2v) is 4.16. The van der Waals surface area contributed by atoms with Gasteiger partial charge in [0.25, 0.3) is 5.91 Å². The summed E-state index contributed by atoms with van der Waals surface area (Å²) < 4.78 is 0. The lowest BCUT2D eigenvalue weighted by Gasteiger charge is -1.97. The van der Waals surface area contributed by atoms with Gasteiger partial charge in [-0.05, 0) is 17.5 Å². The van der Waals surface area contributed by atoms with E-state index in [1.54, 1.807) is 0 Å². The van der Waals surface area contributed by atoms with E-state index >= 15 is 0 Å². The Morgan fingerprint density at radius 3 is 1.74 bits per heavy atom. The number of rotatable bonds is 1. The predicted octanol–water partition coefficient (Wildman–Crippen LogP) is 7.29. The zero-order valence-corrected chi connectivity index (χ0v) is 16.3. The summed E-state index contributed by atoms with van der Waals surface area (Å²) in [6, 6.07) is 11.7. The number of hydrogen-bond acceptors (Lipinski definition) is 1. The van der Waals surface area contributed by atoms with Crippen molar-refractivity contribution >= 4 is 22.4 Å². The highest BCUT2D eigenvalue weighted by Gasteiger charge is 2.19. The number of hydrogen-bond donors (Lipinski definition) is 1. The van der Waals surface area contributed by atoms with Crippen LogP contribution in [0.1, 0.15) is 78.6 Å². The van der Waals surface area contributed by atoms with Crippen LogP contribution in [0.5, 0.6) is 0 Å². The van der Waals surface area contributed by atoms with E-state index in [4.69, 9.17) is 0 Å². The molecule has 2 heteroatoms. The molecule has 1 aliphatic rings. The van der Waals surface area contributed by atoms with Crippen molar-refractivity contribution in [2.75, 3.05) is 5.32 Å². The molecule has 0 aliphatic carbocycles. The third-order valence-electron chi connectivity index (χ3n) is 2.90. The van der Waals surface area contributed by atoms with E-state index in [-0.39, 0.29) is 5.91 Å². The van der Waals surface area contributed by atoms with Crippen molar-refractivity contribution in [3.05, 3.63) is 42.0 Å². The minimum atomic E-state index is 0.00630. The highest BCUT2D eigenvalue weighted by Crippen LogP contribution is 2.32. The first-order chi connectivity index (χ1) is 11.3. The van der Waals surface area contributed by atoms with E-state index in [1.165, 1.54) is 12.8 Å². The van der Waals surface area contributed by atoms with Gasteiger partial charge >= 0.3 is 0 Å². The molecule has 0 fully saturated rings. The van der Waals surface area contributed by atoms with Crippen molar-refractivity contribution < 1.29 is 4.79 Å². The molecule has 0 aromatic heterocycles. The van der Waals surface area contributed by atoms with Crippen molar-refractivity contribution in [3.8, 4) is 0 Å². The predicted molar refractivity (Wildman–Crippen MR) is 107 cm³/mol. The molecule has 1 amide bonds. The summed E-state index contributed by atoms with van der Waals surface area (Å²) in [7, 11) is 0. The summed E-state index contributed by atoms with van der Waals surface area (Å²) in [6.45, 7) is 16.4. The van der Waals surface area contributed by atoms with Crippen molar-refractivity contribution in [1.82, 2.24) is 0 Å². The third-order valence-corrected chi connectivity index (χ3v) is 2.90. The van der Waals surface area contributed by atoms with E-state index in [1.807, 2.05) is 77.9 Å². The Balaban J connectivity index is 0. The zero-order valence-electron chi connectivity index (χ0n) is 16.3. The second-order valence-electron chi connectivity index (χ2n) is 4.16. The Bertz CT molecular complexity index is 539. The van der Waals surface area contributed by atoms with Gasteiger partial charge < -0.3 is 5.32 Å². The van der Waals surface area contributed by atoms with Gasteiger partial charge in [0.1, 0.15) is 0 Å². The molecule has 0 atom stereocenters. The number of unbranched alkanes of at least 4 members (excludes halogenated alkanes) is 1. The van der Waals surface area contributed by atoms with Crippen LogP contribution in [0.3, 0.4) is 0 Å². The van der Waals surface area contributed by atoms with Crippen LogP contribution in [0.4, 0.5) is 5.69 Å². The van der Waals surface area contributed by atoms with Crippen LogP contribution < -0.4 is 5.32 Å². The molecule has 2 nitrogen and oxygen atoms in total. The number of carbonyl (C=O) groups excluding carboxylic acids is 1. The quantitative estimate of drug-likeness (QED) is 0.587. The van der Waals surface area contributed by atoms with E-state index in [0.717, 1.165) is 22.0 Å². The molecule has 1 N–H and O–H groups in total. The lowest BCUT2D eigenvalue weighted by Crippen LogP contribution is -2.03. The molecule has 0 unspecified atom stereocenters. The van der Waals surface area contributed by atoms with E-state index in [2.05, 4.69) is 19.2 Å². The fourth-order valence-electron chi connectivity index (χ4n) is 1.82. The number of carbonyl (C=O) groups is 1. The van der Waals surface area contributed by atoms with E-state index in [0.29, 0.717) is 0 Å². The van der Waals surface area contributed by atoms with Crippen LogP contribution in [0.15, 0.2) is 36.4 Å². The van der Waals surface area contributed by atoms with Crippen molar-refractivity contribution in [1.29, 1.82) is 0 Å². The van der Waals surface area contributed by atoms with Crippen molar-refractivity contribution in [2.45, 2.75) is 68.2 Å². The molecular weight excluding hydrogens is 282 g/mol. The van der Waals surface area contributed by atoms with Gasteiger partial charge in [0.05, 0.1) is 0 Å². The van der Waals surface area contributed by atoms with Crippen LogP contribution in [0.2, 0.25) is 0 Å². The Morgan fingerprint density at radius 1 is 0.783 bits per heavy atom. The lowest BCUT2D eigenvalue weighted by atomic mass is 10.1. The highest BCUT2D eigenvalue weighted by atomic mass is 16.1. The summed E-state index contributed by atoms with van der Waals surface area (Å²) in [5.74, 6) is 0.00630. The zero-order chi connectivity index (χ0) is 18.3. The van der Waals surface area contributed by atoms with Crippen molar-refractivity contribution in [2.24, 2.45) is 0 Å². The number of anilines is 1. The molecule has 0 bridgehead atoms. The van der Waals surface area contributed by atoms with Gasteiger partial charge in [-0.3, -0.25) is 4.79 Å². The highest BCUT2D eigenvalue weighted by molar-refractivity contribution is 6.23. The van der Waals surface area contributed by atoms with E-state index in [9.17, 15) is 4.79 Å². The van der Waals surface area contributed by atoms with Gasteiger partial charge in [0.15, 0.2) is 0 Å². The maximum atomic E-state index is 11.4. The smallest absolute Gasteiger partial charge is 0.256 e. The molecular formula is C21H35NO.